The van der Waals surface area contributed by atoms with Gasteiger partial charge < -0.3 is 16.2 Å². The van der Waals surface area contributed by atoms with Gasteiger partial charge in [-0.15, -0.1) is 0 Å². The number of carbonyl (C=O) groups is 1. The zero-order valence-electron chi connectivity index (χ0n) is 14.5. The number of benzene rings is 2. The van der Waals surface area contributed by atoms with Crippen molar-refractivity contribution >= 4 is 45.8 Å². The molecule has 7 nitrogen and oxygen atoms in total. The highest BCUT2D eigenvalue weighted by atomic mass is 32.2. The summed E-state index contributed by atoms with van der Waals surface area (Å²) in [5, 5.41) is 13.7. The fourth-order valence-electron chi connectivity index (χ4n) is 2.66. The minimum atomic E-state index is -0.976. The molecule has 0 amide bonds. The van der Waals surface area contributed by atoms with Gasteiger partial charge in [0, 0.05) is 22.2 Å². The summed E-state index contributed by atoms with van der Waals surface area (Å²) in [5.41, 5.74) is 8.45. The molecule has 0 saturated heterocycles. The van der Waals surface area contributed by atoms with Crippen LogP contribution in [0.15, 0.2) is 77.0 Å². The van der Waals surface area contributed by atoms with Crippen molar-refractivity contribution in [2.24, 2.45) is 0 Å². The number of fused-ring (bicyclic) bond motifs is 1. The smallest absolute Gasteiger partial charge is 0.335 e. The quantitative estimate of drug-likeness (QED) is 0.435. The molecule has 0 bridgehead atoms. The van der Waals surface area contributed by atoms with E-state index in [0.717, 1.165) is 15.8 Å². The van der Waals surface area contributed by atoms with E-state index in [2.05, 4.69) is 20.3 Å². The standard InChI is InChI=1S/C20H15N5O2S/c21-16-18(25-14-8-6-13(7-9-14)20(26)27)23-11-24-19(16)28-15-5-1-3-12-4-2-10-22-17(12)15/h1-11H,21H2,(H,26,27)(H,23,24,25). The summed E-state index contributed by atoms with van der Waals surface area (Å²) in [4.78, 5) is 24.9. The Labute approximate surface area is 164 Å². The van der Waals surface area contributed by atoms with E-state index in [1.165, 1.54) is 30.2 Å². The Hall–Kier alpha value is -3.65. The first-order valence-electron chi connectivity index (χ1n) is 8.34. The number of para-hydroxylation sites is 1. The Morgan fingerprint density at radius 3 is 2.57 bits per heavy atom. The third-order valence-electron chi connectivity index (χ3n) is 4.04. The molecule has 0 spiro atoms. The van der Waals surface area contributed by atoms with Crippen LogP contribution >= 0.6 is 11.8 Å². The third-order valence-corrected chi connectivity index (χ3v) is 5.11. The Morgan fingerprint density at radius 1 is 1.00 bits per heavy atom. The second kappa shape index (κ2) is 7.53. The van der Waals surface area contributed by atoms with Gasteiger partial charge >= 0.3 is 5.97 Å². The van der Waals surface area contributed by atoms with Gasteiger partial charge in [-0.1, -0.05) is 30.0 Å². The number of nitrogens with one attached hydrogen (secondary N) is 1. The Bertz CT molecular complexity index is 1160. The number of carboxylic acids is 1. The van der Waals surface area contributed by atoms with E-state index in [1.807, 2.05) is 30.3 Å². The van der Waals surface area contributed by atoms with Crippen LogP contribution in [0.5, 0.6) is 0 Å². The molecule has 0 aliphatic heterocycles. The molecule has 0 unspecified atom stereocenters. The van der Waals surface area contributed by atoms with E-state index in [-0.39, 0.29) is 5.56 Å². The number of nitrogens with zero attached hydrogens (tertiary/aromatic N) is 3. The topological polar surface area (TPSA) is 114 Å². The van der Waals surface area contributed by atoms with Crippen molar-refractivity contribution in [3.63, 3.8) is 0 Å². The Kier molecular flexibility index (Phi) is 4.77. The van der Waals surface area contributed by atoms with Crippen LogP contribution in [0.4, 0.5) is 17.2 Å². The number of rotatable bonds is 5. The van der Waals surface area contributed by atoms with Crippen LogP contribution in [0, 0.1) is 0 Å². The zero-order chi connectivity index (χ0) is 19.5. The molecule has 0 aliphatic rings. The number of hydrogen-bond donors (Lipinski definition) is 3. The lowest BCUT2D eigenvalue weighted by atomic mass is 10.2. The van der Waals surface area contributed by atoms with Crippen LogP contribution in [0.1, 0.15) is 10.4 Å². The highest BCUT2D eigenvalue weighted by Crippen LogP contribution is 2.36. The molecule has 8 heteroatoms. The first-order chi connectivity index (χ1) is 13.6. The van der Waals surface area contributed by atoms with Gasteiger partial charge in [-0.25, -0.2) is 14.8 Å². The van der Waals surface area contributed by atoms with Gasteiger partial charge in [-0.05, 0) is 36.4 Å². The van der Waals surface area contributed by atoms with E-state index in [9.17, 15) is 4.79 Å². The molecule has 2 aromatic heterocycles. The number of aromatic carboxylic acids is 1. The van der Waals surface area contributed by atoms with Gasteiger partial charge in [-0.2, -0.15) is 0 Å². The predicted octanol–water partition coefficient (Wildman–Crippen LogP) is 4.20. The van der Waals surface area contributed by atoms with E-state index >= 15 is 0 Å². The number of anilines is 3. The van der Waals surface area contributed by atoms with Gasteiger partial charge in [0.1, 0.15) is 17.0 Å². The molecule has 2 aromatic carbocycles. The molecule has 0 fully saturated rings. The normalized spacial score (nSPS) is 10.7. The molecule has 0 saturated carbocycles. The molecule has 0 aliphatic carbocycles. The van der Waals surface area contributed by atoms with Crippen LogP contribution in [0.3, 0.4) is 0 Å². The zero-order valence-corrected chi connectivity index (χ0v) is 15.4. The average Bonchev–Trinajstić information content (AvgIpc) is 2.71. The summed E-state index contributed by atoms with van der Waals surface area (Å²) < 4.78 is 0. The molecule has 4 aromatic rings. The fourth-order valence-corrected chi connectivity index (χ4v) is 3.58. The van der Waals surface area contributed by atoms with E-state index in [1.54, 1.807) is 18.3 Å². The molecule has 4 rings (SSSR count). The largest absolute Gasteiger partial charge is 0.478 e. The SMILES string of the molecule is Nc1c(Nc2ccc(C(=O)O)cc2)ncnc1Sc1cccc2cccnc12. The molecule has 28 heavy (non-hydrogen) atoms. The van der Waals surface area contributed by atoms with Gasteiger partial charge in [0.05, 0.1) is 11.1 Å². The van der Waals surface area contributed by atoms with Crippen LogP contribution < -0.4 is 11.1 Å². The first-order valence-corrected chi connectivity index (χ1v) is 9.16. The van der Waals surface area contributed by atoms with Crippen LogP contribution in [-0.4, -0.2) is 26.0 Å². The van der Waals surface area contributed by atoms with Crippen LogP contribution in [0.25, 0.3) is 10.9 Å². The minimum Gasteiger partial charge on any atom is -0.478 e. The van der Waals surface area contributed by atoms with Crippen molar-refractivity contribution in [1.29, 1.82) is 0 Å². The lowest BCUT2D eigenvalue weighted by Crippen LogP contribution is -2.03. The van der Waals surface area contributed by atoms with E-state index < -0.39 is 5.97 Å². The maximum Gasteiger partial charge on any atom is 0.335 e. The van der Waals surface area contributed by atoms with E-state index in [4.69, 9.17) is 10.8 Å². The number of carboxylic acid groups (broad SMARTS) is 1. The summed E-state index contributed by atoms with van der Waals surface area (Å²) in [6.07, 6.45) is 3.19. The number of aromatic nitrogens is 3. The maximum absolute atomic E-state index is 11.0. The number of nitrogen functional groups attached to an aromatic ring is 1. The van der Waals surface area contributed by atoms with Crippen molar-refractivity contribution < 1.29 is 9.90 Å². The Morgan fingerprint density at radius 2 is 1.79 bits per heavy atom. The van der Waals surface area contributed by atoms with Gasteiger partial charge in [0.15, 0.2) is 5.82 Å². The highest BCUT2D eigenvalue weighted by Gasteiger charge is 2.12. The summed E-state index contributed by atoms with van der Waals surface area (Å²) in [6.45, 7) is 0. The molecule has 138 valence electrons. The van der Waals surface area contributed by atoms with Gasteiger partial charge in [0.2, 0.25) is 0 Å². The van der Waals surface area contributed by atoms with Gasteiger partial charge in [-0.3, -0.25) is 4.98 Å². The van der Waals surface area contributed by atoms with Crippen molar-refractivity contribution in [3.05, 3.63) is 72.7 Å². The summed E-state index contributed by atoms with van der Waals surface area (Å²) >= 11 is 1.42. The number of nitrogens with two attached hydrogens (primary N) is 1. The highest BCUT2D eigenvalue weighted by molar-refractivity contribution is 7.99. The second-order valence-electron chi connectivity index (χ2n) is 5.88. The van der Waals surface area contributed by atoms with Crippen LogP contribution in [0.2, 0.25) is 0 Å². The predicted molar refractivity (Wildman–Crippen MR) is 109 cm³/mol. The molecule has 0 atom stereocenters. The molecule has 2 heterocycles. The summed E-state index contributed by atoms with van der Waals surface area (Å²) in [6, 6.07) is 16.2. The first kappa shape index (κ1) is 17.7. The lowest BCUT2D eigenvalue weighted by molar-refractivity contribution is 0.0697. The minimum absolute atomic E-state index is 0.209. The molecule has 4 N–H and O–H groups in total. The van der Waals surface area contributed by atoms with Crippen LogP contribution in [-0.2, 0) is 0 Å². The summed E-state index contributed by atoms with van der Waals surface area (Å²) in [7, 11) is 0. The maximum atomic E-state index is 11.0. The van der Waals surface area contributed by atoms with Crippen molar-refractivity contribution in [3.8, 4) is 0 Å². The van der Waals surface area contributed by atoms with E-state index in [0.29, 0.717) is 22.2 Å². The Balaban J connectivity index is 1.62. The van der Waals surface area contributed by atoms with Crippen molar-refractivity contribution in [2.45, 2.75) is 9.92 Å². The average molecular weight is 389 g/mol. The molecule has 0 radical (unpaired) electrons. The number of hydrogen-bond acceptors (Lipinski definition) is 7. The summed E-state index contributed by atoms with van der Waals surface area (Å²) in [5.74, 6) is -0.524. The van der Waals surface area contributed by atoms with Crippen molar-refractivity contribution in [2.75, 3.05) is 11.1 Å². The molecular weight excluding hydrogens is 374 g/mol. The third kappa shape index (κ3) is 3.58. The second-order valence-corrected chi connectivity index (χ2v) is 6.91. The monoisotopic (exact) mass is 389 g/mol. The molecular formula is C20H15N5O2S. The fraction of sp³-hybridized carbons (Fsp3) is 0. The van der Waals surface area contributed by atoms with Crippen molar-refractivity contribution in [1.82, 2.24) is 15.0 Å². The van der Waals surface area contributed by atoms with Gasteiger partial charge in [0.25, 0.3) is 0 Å². The lowest BCUT2D eigenvalue weighted by Gasteiger charge is -2.11. The number of pyridine rings is 1.